The largest absolute Gasteiger partial charge is 0.355 e. The number of urea groups is 1. The Morgan fingerprint density at radius 2 is 1.88 bits per heavy atom. The van der Waals surface area contributed by atoms with E-state index in [9.17, 15) is 13.2 Å². The van der Waals surface area contributed by atoms with Crippen molar-refractivity contribution in [2.24, 2.45) is 0 Å². The summed E-state index contributed by atoms with van der Waals surface area (Å²) in [5, 5.41) is 3.45. The number of alkyl halides is 1. The summed E-state index contributed by atoms with van der Waals surface area (Å²) in [6.45, 7) is 1.90. The van der Waals surface area contributed by atoms with Gasteiger partial charge in [-0.15, -0.1) is 0 Å². The zero-order valence-corrected chi connectivity index (χ0v) is 19.2. The summed E-state index contributed by atoms with van der Waals surface area (Å²) in [7, 11) is -3.94. The lowest BCUT2D eigenvalue weighted by Gasteiger charge is -2.45. The molecule has 2 heterocycles. The molecule has 2 aliphatic rings. The Balaban J connectivity index is 1.46. The lowest BCUT2D eigenvalue weighted by Crippen LogP contribution is -2.63. The predicted octanol–water partition coefficient (Wildman–Crippen LogP) is 3.57. The summed E-state index contributed by atoms with van der Waals surface area (Å²) >= 11 is 5.91. The minimum Gasteiger partial charge on any atom is -0.355 e. The maximum absolute atomic E-state index is 15.5. The Morgan fingerprint density at radius 1 is 1.19 bits per heavy atom. The van der Waals surface area contributed by atoms with Crippen LogP contribution in [0.25, 0.3) is 0 Å². The van der Waals surface area contributed by atoms with E-state index in [4.69, 9.17) is 16.3 Å². The number of carbonyl (C=O) groups excluding carboxylic acids is 1. The van der Waals surface area contributed by atoms with Gasteiger partial charge < -0.3 is 15.0 Å². The summed E-state index contributed by atoms with van der Waals surface area (Å²) in [5.41, 5.74) is -0.736. The van der Waals surface area contributed by atoms with Crippen LogP contribution < -0.4 is 5.32 Å². The van der Waals surface area contributed by atoms with E-state index in [1.54, 1.807) is 30.3 Å². The van der Waals surface area contributed by atoms with Crippen LogP contribution in [-0.4, -0.2) is 61.8 Å². The summed E-state index contributed by atoms with van der Waals surface area (Å²) in [6, 6.07) is 14.3. The number of amides is 2. The Bertz CT molecular complexity index is 1070. The SMILES string of the molecule is C[C@@H](NC(=O)N1CCC2(OCCN2S(=O)(=O)c2ccccc2)C(F)C1)c1ccc(Cl)cc1. The van der Waals surface area contributed by atoms with Gasteiger partial charge in [0.05, 0.1) is 24.1 Å². The fourth-order valence-electron chi connectivity index (χ4n) is 4.23. The number of halogens is 2. The van der Waals surface area contributed by atoms with Crippen molar-refractivity contribution in [3.8, 4) is 0 Å². The number of hydrogen-bond acceptors (Lipinski definition) is 4. The van der Waals surface area contributed by atoms with Gasteiger partial charge in [0.1, 0.15) is 0 Å². The monoisotopic (exact) mass is 481 g/mol. The highest BCUT2D eigenvalue weighted by atomic mass is 35.5. The van der Waals surface area contributed by atoms with Gasteiger partial charge in [0.15, 0.2) is 11.9 Å². The van der Waals surface area contributed by atoms with E-state index < -0.39 is 28.0 Å². The Morgan fingerprint density at radius 3 is 2.53 bits per heavy atom. The average Bonchev–Trinajstić information content (AvgIpc) is 3.22. The first-order valence-corrected chi connectivity index (χ1v) is 12.2. The molecule has 0 saturated carbocycles. The lowest BCUT2D eigenvalue weighted by atomic mass is 9.99. The van der Waals surface area contributed by atoms with Gasteiger partial charge in [-0.05, 0) is 36.8 Å². The van der Waals surface area contributed by atoms with E-state index in [2.05, 4.69) is 5.32 Å². The van der Waals surface area contributed by atoms with E-state index in [0.717, 1.165) is 9.87 Å². The summed E-state index contributed by atoms with van der Waals surface area (Å²) in [5.74, 6) is 0. The molecule has 10 heteroatoms. The lowest BCUT2D eigenvalue weighted by molar-refractivity contribution is -0.135. The standard InChI is InChI=1S/C22H25ClFN3O4S/c1-16(17-7-9-18(23)10-8-17)25-21(28)26-12-11-22(20(24)15-26)27(13-14-31-22)32(29,30)19-5-3-2-4-6-19/h2-10,16,20H,11-15H2,1H3,(H,25,28)/t16-,20?,22?/m1/s1. The number of carbonyl (C=O) groups is 1. The fourth-order valence-corrected chi connectivity index (χ4v) is 6.09. The molecule has 2 aromatic rings. The molecule has 32 heavy (non-hydrogen) atoms. The van der Waals surface area contributed by atoms with Crippen molar-refractivity contribution >= 4 is 27.7 Å². The average molecular weight is 482 g/mol. The molecular weight excluding hydrogens is 457 g/mol. The Hall–Kier alpha value is -2.20. The van der Waals surface area contributed by atoms with Crippen molar-refractivity contribution in [2.75, 3.05) is 26.2 Å². The van der Waals surface area contributed by atoms with Gasteiger partial charge in [-0.25, -0.2) is 17.6 Å². The highest BCUT2D eigenvalue weighted by molar-refractivity contribution is 7.89. The third-order valence-corrected chi connectivity index (χ3v) is 8.20. The van der Waals surface area contributed by atoms with Gasteiger partial charge in [0.2, 0.25) is 10.0 Å². The molecule has 1 N–H and O–H groups in total. The number of benzene rings is 2. The predicted molar refractivity (Wildman–Crippen MR) is 119 cm³/mol. The summed E-state index contributed by atoms with van der Waals surface area (Å²) < 4.78 is 48.7. The van der Waals surface area contributed by atoms with E-state index in [0.29, 0.717) is 5.02 Å². The second kappa shape index (κ2) is 8.97. The number of ether oxygens (including phenoxy) is 1. The van der Waals surface area contributed by atoms with Crippen LogP contribution in [-0.2, 0) is 14.8 Å². The minimum absolute atomic E-state index is 0.0446. The normalized spacial score (nSPS) is 25.1. The van der Waals surface area contributed by atoms with E-state index in [1.807, 2.05) is 19.1 Å². The second-order valence-corrected chi connectivity index (χ2v) is 10.3. The van der Waals surface area contributed by atoms with Gasteiger partial charge in [0.25, 0.3) is 0 Å². The van der Waals surface area contributed by atoms with E-state index in [-0.39, 0.29) is 43.6 Å². The molecule has 1 spiro atoms. The van der Waals surface area contributed by atoms with Gasteiger partial charge in [-0.1, -0.05) is 41.9 Å². The number of piperidine rings is 1. The molecule has 2 fully saturated rings. The van der Waals surface area contributed by atoms with Crippen LogP contribution in [0.15, 0.2) is 59.5 Å². The second-order valence-electron chi connectivity index (χ2n) is 7.97. The summed E-state index contributed by atoms with van der Waals surface area (Å²) in [4.78, 5) is 14.2. The molecule has 3 atom stereocenters. The van der Waals surface area contributed by atoms with Gasteiger partial charge in [-0.2, -0.15) is 4.31 Å². The number of nitrogens with one attached hydrogen (secondary N) is 1. The van der Waals surface area contributed by atoms with Crippen LogP contribution in [0.1, 0.15) is 24.9 Å². The number of hydrogen-bond donors (Lipinski definition) is 1. The zero-order valence-electron chi connectivity index (χ0n) is 17.6. The third-order valence-electron chi connectivity index (χ3n) is 6.01. The molecule has 2 aliphatic heterocycles. The van der Waals surface area contributed by atoms with Crippen molar-refractivity contribution in [1.82, 2.24) is 14.5 Å². The van der Waals surface area contributed by atoms with Gasteiger partial charge in [0, 0.05) is 24.5 Å². The van der Waals surface area contributed by atoms with Crippen LogP contribution >= 0.6 is 11.6 Å². The van der Waals surface area contributed by atoms with Crippen molar-refractivity contribution in [3.05, 3.63) is 65.2 Å². The molecule has 2 amide bonds. The molecule has 0 bridgehead atoms. The molecule has 0 aromatic heterocycles. The molecule has 4 rings (SSSR count). The maximum atomic E-state index is 15.5. The quantitative estimate of drug-likeness (QED) is 0.724. The molecule has 2 unspecified atom stereocenters. The zero-order chi connectivity index (χ0) is 22.9. The molecule has 0 aliphatic carbocycles. The van der Waals surface area contributed by atoms with Crippen molar-refractivity contribution in [3.63, 3.8) is 0 Å². The molecule has 2 aromatic carbocycles. The van der Waals surface area contributed by atoms with Crippen molar-refractivity contribution in [1.29, 1.82) is 0 Å². The Labute approximate surface area is 192 Å². The van der Waals surface area contributed by atoms with Crippen LogP contribution in [0.4, 0.5) is 9.18 Å². The Kier molecular flexibility index (Phi) is 6.44. The van der Waals surface area contributed by atoms with Crippen molar-refractivity contribution in [2.45, 2.75) is 36.2 Å². The van der Waals surface area contributed by atoms with Gasteiger partial charge in [-0.3, -0.25) is 0 Å². The first kappa shape index (κ1) is 23.0. The topological polar surface area (TPSA) is 79.0 Å². The first-order valence-electron chi connectivity index (χ1n) is 10.4. The first-order chi connectivity index (χ1) is 15.2. The highest BCUT2D eigenvalue weighted by Crippen LogP contribution is 2.40. The van der Waals surface area contributed by atoms with E-state index in [1.165, 1.54) is 17.0 Å². The molecule has 0 radical (unpaired) electrons. The van der Waals surface area contributed by atoms with Gasteiger partial charge >= 0.3 is 6.03 Å². The number of nitrogens with zero attached hydrogens (tertiary/aromatic N) is 2. The van der Waals surface area contributed by atoms with Crippen LogP contribution in [0.5, 0.6) is 0 Å². The molecule has 172 valence electrons. The summed E-state index contributed by atoms with van der Waals surface area (Å²) in [6.07, 6.45) is -1.64. The van der Waals surface area contributed by atoms with Crippen molar-refractivity contribution < 1.29 is 22.3 Å². The minimum atomic E-state index is -3.94. The van der Waals surface area contributed by atoms with Crippen LogP contribution in [0, 0.1) is 0 Å². The highest BCUT2D eigenvalue weighted by Gasteiger charge is 2.57. The smallest absolute Gasteiger partial charge is 0.317 e. The molecule has 7 nitrogen and oxygen atoms in total. The number of sulfonamides is 1. The van der Waals surface area contributed by atoms with E-state index >= 15 is 4.39 Å². The maximum Gasteiger partial charge on any atom is 0.317 e. The van der Waals surface area contributed by atoms with Crippen LogP contribution in [0.3, 0.4) is 0 Å². The molecule has 2 saturated heterocycles. The molecular formula is C22H25ClFN3O4S. The fraction of sp³-hybridized carbons (Fsp3) is 0.409. The van der Waals surface area contributed by atoms with Crippen LogP contribution in [0.2, 0.25) is 5.02 Å². The number of rotatable bonds is 4. The number of likely N-dealkylation sites (tertiary alicyclic amines) is 1. The third kappa shape index (κ3) is 4.22.